The van der Waals surface area contributed by atoms with Gasteiger partial charge in [-0.05, 0) is 52.4 Å². The van der Waals surface area contributed by atoms with Gasteiger partial charge in [-0.1, -0.05) is 30.3 Å². The van der Waals surface area contributed by atoms with Crippen molar-refractivity contribution in [3.8, 4) is 5.69 Å². The number of nitrogens with two attached hydrogens (primary N) is 1. The van der Waals surface area contributed by atoms with E-state index in [0.717, 1.165) is 16.8 Å². The van der Waals surface area contributed by atoms with Crippen molar-refractivity contribution >= 4 is 22.6 Å². The number of halogens is 1. The van der Waals surface area contributed by atoms with Crippen LogP contribution in [-0.4, -0.2) is 9.78 Å². The van der Waals surface area contributed by atoms with Crippen LogP contribution in [0.25, 0.3) is 5.69 Å². The molecule has 0 amide bonds. The molecule has 3 aromatic rings. The second kappa shape index (κ2) is 5.76. The normalized spacial score (nSPS) is 12.3. The van der Waals surface area contributed by atoms with Gasteiger partial charge in [0.2, 0.25) is 0 Å². The van der Waals surface area contributed by atoms with Crippen LogP contribution in [0.15, 0.2) is 67.0 Å². The molecule has 0 aliphatic heterocycles. The van der Waals surface area contributed by atoms with Crippen molar-refractivity contribution in [2.45, 2.75) is 6.04 Å². The lowest BCUT2D eigenvalue weighted by Gasteiger charge is -2.10. The van der Waals surface area contributed by atoms with Crippen molar-refractivity contribution in [1.29, 1.82) is 0 Å². The molecule has 100 valence electrons. The lowest BCUT2D eigenvalue weighted by Crippen LogP contribution is -2.11. The third-order valence-corrected chi connectivity index (χ3v) is 3.86. The van der Waals surface area contributed by atoms with Crippen molar-refractivity contribution in [2.24, 2.45) is 5.73 Å². The molecule has 3 nitrogen and oxygen atoms in total. The molecule has 3 rings (SSSR count). The summed E-state index contributed by atoms with van der Waals surface area (Å²) in [4.78, 5) is 0. The average molecular weight is 375 g/mol. The fourth-order valence-electron chi connectivity index (χ4n) is 2.11. The number of aromatic nitrogens is 2. The number of benzene rings is 2. The average Bonchev–Trinajstić information content (AvgIpc) is 2.97. The van der Waals surface area contributed by atoms with Gasteiger partial charge in [0.1, 0.15) is 0 Å². The molecule has 0 saturated heterocycles. The van der Waals surface area contributed by atoms with Gasteiger partial charge in [-0.25, -0.2) is 4.68 Å². The summed E-state index contributed by atoms with van der Waals surface area (Å²) >= 11 is 2.30. The highest BCUT2D eigenvalue weighted by atomic mass is 127. The Morgan fingerprint density at radius 3 is 2.55 bits per heavy atom. The number of hydrogen-bond donors (Lipinski definition) is 1. The van der Waals surface area contributed by atoms with Crippen molar-refractivity contribution in [1.82, 2.24) is 9.78 Å². The highest BCUT2D eigenvalue weighted by molar-refractivity contribution is 14.1. The van der Waals surface area contributed by atoms with Crippen molar-refractivity contribution in [2.75, 3.05) is 0 Å². The molecule has 2 aromatic carbocycles. The zero-order valence-electron chi connectivity index (χ0n) is 10.8. The van der Waals surface area contributed by atoms with Crippen LogP contribution >= 0.6 is 22.6 Å². The Labute approximate surface area is 131 Å². The summed E-state index contributed by atoms with van der Waals surface area (Å²) in [6.07, 6.45) is 3.82. The highest BCUT2D eigenvalue weighted by Gasteiger charge is 2.11. The second-order valence-electron chi connectivity index (χ2n) is 4.59. The summed E-state index contributed by atoms with van der Waals surface area (Å²) in [6.45, 7) is 0. The minimum atomic E-state index is -0.151. The fourth-order valence-corrected chi connectivity index (χ4v) is 2.68. The number of rotatable bonds is 3. The number of hydrogen-bond acceptors (Lipinski definition) is 2. The summed E-state index contributed by atoms with van der Waals surface area (Å²) in [5.41, 5.74) is 9.47. The van der Waals surface area contributed by atoms with Crippen molar-refractivity contribution in [3.05, 3.63) is 81.7 Å². The molecule has 0 saturated carbocycles. The Morgan fingerprint density at radius 2 is 1.80 bits per heavy atom. The Bertz CT molecular complexity index is 707. The van der Waals surface area contributed by atoms with E-state index < -0.39 is 0 Å². The van der Waals surface area contributed by atoms with E-state index in [1.54, 1.807) is 0 Å². The third-order valence-electron chi connectivity index (χ3n) is 3.19. The molecule has 0 fully saturated rings. The molecule has 20 heavy (non-hydrogen) atoms. The Kier molecular flexibility index (Phi) is 3.84. The molecule has 0 aliphatic rings. The Morgan fingerprint density at radius 1 is 1.00 bits per heavy atom. The first kappa shape index (κ1) is 13.3. The predicted molar refractivity (Wildman–Crippen MR) is 88.8 cm³/mol. The molecular formula is C16H14IN3. The first-order valence-corrected chi connectivity index (χ1v) is 7.43. The van der Waals surface area contributed by atoms with Gasteiger partial charge in [0.15, 0.2) is 0 Å². The lowest BCUT2D eigenvalue weighted by molar-refractivity contribution is 0.861. The summed E-state index contributed by atoms with van der Waals surface area (Å²) in [5.74, 6) is 0. The van der Waals surface area contributed by atoms with Gasteiger partial charge in [0.05, 0.1) is 17.9 Å². The quantitative estimate of drug-likeness (QED) is 0.712. The number of para-hydroxylation sites is 1. The van der Waals surface area contributed by atoms with Gasteiger partial charge in [-0.15, -0.1) is 0 Å². The SMILES string of the molecule is NC(c1cccc(I)c1)c1cnn(-c2ccccc2)c1. The van der Waals surface area contributed by atoms with Crippen LogP contribution < -0.4 is 5.73 Å². The molecule has 4 heteroatoms. The third kappa shape index (κ3) is 2.76. The highest BCUT2D eigenvalue weighted by Crippen LogP contribution is 2.21. The second-order valence-corrected chi connectivity index (χ2v) is 5.83. The van der Waals surface area contributed by atoms with Crippen LogP contribution in [0.1, 0.15) is 17.2 Å². The smallest absolute Gasteiger partial charge is 0.0645 e. The van der Waals surface area contributed by atoms with E-state index in [2.05, 4.69) is 39.8 Å². The van der Waals surface area contributed by atoms with Crippen LogP contribution in [0.5, 0.6) is 0 Å². The van der Waals surface area contributed by atoms with E-state index in [4.69, 9.17) is 5.73 Å². The van der Waals surface area contributed by atoms with Gasteiger partial charge < -0.3 is 5.73 Å². The molecule has 1 unspecified atom stereocenters. The molecule has 2 N–H and O–H groups in total. The van der Waals surface area contributed by atoms with E-state index in [9.17, 15) is 0 Å². The topological polar surface area (TPSA) is 43.8 Å². The Balaban J connectivity index is 1.90. The van der Waals surface area contributed by atoms with Gasteiger partial charge >= 0.3 is 0 Å². The van der Waals surface area contributed by atoms with Gasteiger partial charge in [-0.2, -0.15) is 5.10 Å². The molecule has 0 radical (unpaired) electrons. The zero-order chi connectivity index (χ0) is 13.9. The van der Waals surface area contributed by atoms with Crippen molar-refractivity contribution in [3.63, 3.8) is 0 Å². The molecule has 1 aromatic heterocycles. The van der Waals surface area contributed by atoms with Crippen molar-refractivity contribution < 1.29 is 0 Å². The summed E-state index contributed by atoms with van der Waals surface area (Å²) in [6, 6.07) is 18.1. The van der Waals surface area contributed by atoms with E-state index in [1.165, 1.54) is 3.57 Å². The van der Waals surface area contributed by atoms with E-state index >= 15 is 0 Å². The molecule has 0 spiro atoms. The molecule has 0 aliphatic carbocycles. The summed E-state index contributed by atoms with van der Waals surface area (Å²) < 4.78 is 3.04. The van der Waals surface area contributed by atoms with Gasteiger partial charge in [0, 0.05) is 15.3 Å². The van der Waals surface area contributed by atoms with Crippen LogP contribution in [0, 0.1) is 3.57 Å². The largest absolute Gasteiger partial charge is 0.320 e. The van der Waals surface area contributed by atoms with Gasteiger partial charge in [-0.3, -0.25) is 0 Å². The van der Waals surface area contributed by atoms with Crippen LogP contribution in [0.2, 0.25) is 0 Å². The standard InChI is InChI=1S/C16H14IN3/c17-14-6-4-5-12(9-14)16(18)13-10-19-20(11-13)15-7-2-1-3-8-15/h1-11,16H,18H2. The summed E-state index contributed by atoms with van der Waals surface area (Å²) in [5, 5.41) is 4.39. The lowest BCUT2D eigenvalue weighted by atomic mass is 10.0. The first-order chi connectivity index (χ1) is 9.74. The monoisotopic (exact) mass is 375 g/mol. The minimum Gasteiger partial charge on any atom is -0.320 e. The fraction of sp³-hybridized carbons (Fsp3) is 0.0625. The Hall–Kier alpha value is -1.66. The van der Waals surface area contributed by atoms with E-state index in [-0.39, 0.29) is 6.04 Å². The van der Waals surface area contributed by atoms with E-state index in [0.29, 0.717) is 0 Å². The predicted octanol–water partition coefficient (Wildman–Crippen LogP) is 3.53. The number of nitrogens with zero attached hydrogens (tertiary/aromatic N) is 2. The maximum absolute atomic E-state index is 6.32. The maximum Gasteiger partial charge on any atom is 0.0645 e. The van der Waals surface area contributed by atoms with E-state index in [1.807, 2.05) is 59.5 Å². The van der Waals surface area contributed by atoms with Crippen LogP contribution in [-0.2, 0) is 0 Å². The maximum atomic E-state index is 6.32. The molecule has 1 atom stereocenters. The first-order valence-electron chi connectivity index (χ1n) is 6.35. The molecular weight excluding hydrogens is 361 g/mol. The van der Waals surface area contributed by atoms with Crippen LogP contribution in [0.4, 0.5) is 0 Å². The molecule has 0 bridgehead atoms. The van der Waals surface area contributed by atoms with Gasteiger partial charge in [0.25, 0.3) is 0 Å². The zero-order valence-corrected chi connectivity index (χ0v) is 12.9. The minimum absolute atomic E-state index is 0.151. The van der Waals surface area contributed by atoms with Crippen LogP contribution in [0.3, 0.4) is 0 Å². The summed E-state index contributed by atoms with van der Waals surface area (Å²) in [7, 11) is 0. The molecule has 1 heterocycles.